The fourth-order valence-electron chi connectivity index (χ4n) is 1.57. The van der Waals surface area contributed by atoms with Crippen LogP contribution in [-0.2, 0) is 6.54 Å². The maximum Gasteiger partial charge on any atom is 0.297 e. The van der Waals surface area contributed by atoms with Crippen molar-refractivity contribution in [3.8, 4) is 5.75 Å². The third-order valence-corrected chi connectivity index (χ3v) is 4.02. The summed E-state index contributed by atoms with van der Waals surface area (Å²) < 4.78 is 6.39. The van der Waals surface area contributed by atoms with E-state index < -0.39 is 0 Å². The Bertz CT molecular complexity index is 636. The molecule has 2 aromatic rings. The highest BCUT2D eigenvalue weighted by Gasteiger charge is 2.12. The Kier molecular flexibility index (Phi) is 4.21. The number of hydrogen-bond acceptors (Lipinski definition) is 5. The van der Waals surface area contributed by atoms with Crippen molar-refractivity contribution in [2.24, 2.45) is 0 Å². The lowest BCUT2D eigenvalue weighted by Crippen LogP contribution is -2.22. The van der Waals surface area contributed by atoms with E-state index >= 15 is 0 Å². The van der Waals surface area contributed by atoms with Crippen LogP contribution in [0, 0.1) is 0 Å². The zero-order valence-electron chi connectivity index (χ0n) is 10.9. The number of thiazole rings is 1. The molecule has 102 valence electrons. The first-order valence-electron chi connectivity index (χ1n) is 5.76. The normalized spacial score (nSPS) is 11.0. The van der Waals surface area contributed by atoms with Crippen LogP contribution in [-0.4, -0.2) is 21.6 Å². The van der Waals surface area contributed by atoms with Crippen LogP contribution in [0.1, 0.15) is 30.5 Å². The summed E-state index contributed by atoms with van der Waals surface area (Å²) in [5.74, 6) is 0.442. The van der Waals surface area contributed by atoms with Crippen molar-refractivity contribution >= 4 is 22.9 Å². The van der Waals surface area contributed by atoms with Gasteiger partial charge in [-0.15, -0.1) is 11.3 Å². The van der Waals surface area contributed by atoms with Crippen molar-refractivity contribution in [1.82, 2.24) is 14.5 Å². The average Bonchev–Trinajstić information content (AvgIpc) is 2.82. The zero-order valence-corrected chi connectivity index (χ0v) is 12.5. The minimum absolute atomic E-state index is 0.0588. The first kappa shape index (κ1) is 14.0. The van der Waals surface area contributed by atoms with Gasteiger partial charge in [-0.2, -0.15) is 0 Å². The molecule has 0 spiro atoms. The molecule has 0 radical (unpaired) electrons. The van der Waals surface area contributed by atoms with E-state index in [1.807, 2.05) is 5.38 Å². The lowest BCUT2D eigenvalue weighted by atomic mass is 10.2. The molecule has 0 atom stereocenters. The van der Waals surface area contributed by atoms with Crippen LogP contribution >= 0.6 is 22.9 Å². The van der Waals surface area contributed by atoms with Crippen molar-refractivity contribution in [3.05, 3.63) is 37.9 Å². The molecule has 0 saturated heterocycles. The number of methoxy groups -OCH3 is 1. The van der Waals surface area contributed by atoms with Crippen LogP contribution < -0.4 is 10.3 Å². The van der Waals surface area contributed by atoms with E-state index in [9.17, 15) is 4.79 Å². The Hall–Kier alpha value is -1.40. The molecule has 0 aromatic carbocycles. The standard InChI is InChI=1S/C12H14ClN3O2S/c1-7(2)11-15-8(5-19-11)4-16-6-14-10(13)9(18-3)12(16)17/h5-7H,4H2,1-3H3. The molecule has 0 unspecified atom stereocenters. The van der Waals surface area contributed by atoms with Gasteiger partial charge in [-0.1, -0.05) is 25.4 Å². The molecule has 7 heteroatoms. The van der Waals surface area contributed by atoms with Gasteiger partial charge in [0, 0.05) is 11.3 Å². The molecule has 2 heterocycles. The monoisotopic (exact) mass is 299 g/mol. The summed E-state index contributed by atoms with van der Waals surface area (Å²) in [5, 5.41) is 3.07. The minimum Gasteiger partial charge on any atom is -0.489 e. The largest absolute Gasteiger partial charge is 0.489 e. The van der Waals surface area contributed by atoms with Crippen molar-refractivity contribution in [3.63, 3.8) is 0 Å². The van der Waals surface area contributed by atoms with E-state index in [0.29, 0.717) is 12.5 Å². The van der Waals surface area contributed by atoms with Gasteiger partial charge < -0.3 is 4.74 Å². The average molecular weight is 300 g/mol. The van der Waals surface area contributed by atoms with Crippen LogP contribution in [0.25, 0.3) is 0 Å². The van der Waals surface area contributed by atoms with Crippen molar-refractivity contribution in [1.29, 1.82) is 0 Å². The quantitative estimate of drug-likeness (QED) is 0.814. The summed E-state index contributed by atoms with van der Waals surface area (Å²) in [4.78, 5) is 20.5. The van der Waals surface area contributed by atoms with Crippen LogP contribution in [0.5, 0.6) is 5.75 Å². The number of ether oxygens (including phenoxy) is 1. The first-order chi connectivity index (χ1) is 9.02. The molecule has 0 N–H and O–H groups in total. The Morgan fingerprint density at radius 1 is 1.53 bits per heavy atom. The molecule has 0 bridgehead atoms. The Morgan fingerprint density at radius 2 is 2.26 bits per heavy atom. The number of aromatic nitrogens is 3. The van der Waals surface area contributed by atoms with Crippen LogP contribution in [0.4, 0.5) is 0 Å². The maximum absolute atomic E-state index is 12.1. The summed E-state index contributed by atoms with van der Waals surface area (Å²) in [6, 6.07) is 0. The van der Waals surface area contributed by atoms with Crippen molar-refractivity contribution in [2.45, 2.75) is 26.3 Å². The maximum atomic E-state index is 12.1. The third-order valence-electron chi connectivity index (χ3n) is 2.55. The van der Waals surface area contributed by atoms with Gasteiger partial charge in [0.1, 0.15) is 0 Å². The van der Waals surface area contributed by atoms with E-state index in [1.54, 1.807) is 11.3 Å². The molecule has 19 heavy (non-hydrogen) atoms. The molecular formula is C12H14ClN3O2S. The van der Waals surface area contributed by atoms with Crippen LogP contribution in [0.3, 0.4) is 0 Å². The van der Waals surface area contributed by atoms with Gasteiger partial charge in [-0.05, 0) is 0 Å². The predicted octanol–water partition coefficient (Wildman–Crippen LogP) is 2.53. The predicted molar refractivity (Wildman–Crippen MR) is 75.4 cm³/mol. The molecule has 0 saturated carbocycles. The second-order valence-electron chi connectivity index (χ2n) is 4.33. The van der Waals surface area contributed by atoms with Gasteiger partial charge in [0.25, 0.3) is 5.56 Å². The zero-order chi connectivity index (χ0) is 14.0. The topological polar surface area (TPSA) is 57.0 Å². The fourth-order valence-corrected chi connectivity index (χ4v) is 2.60. The van der Waals surface area contributed by atoms with E-state index in [0.717, 1.165) is 10.7 Å². The minimum atomic E-state index is -0.304. The molecule has 0 aliphatic carbocycles. The molecule has 2 rings (SSSR count). The van der Waals surface area contributed by atoms with Gasteiger partial charge in [0.05, 0.1) is 30.7 Å². The molecule has 2 aromatic heterocycles. The molecule has 0 amide bonds. The molecule has 0 aliphatic heterocycles. The lowest BCUT2D eigenvalue weighted by Gasteiger charge is -2.06. The summed E-state index contributed by atoms with van der Waals surface area (Å²) in [7, 11) is 1.40. The van der Waals surface area contributed by atoms with Gasteiger partial charge >= 0.3 is 0 Å². The summed E-state index contributed by atoms with van der Waals surface area (Å²) >= 11 is 7.38. The third kappa shape index (κ3) is 2.96. The number of hydrogen-bond donors (Lipinski definition) is 0. The summed E-state index contributed by atoms with van der Waals surface area (Å²) in [5.41, 5.74) is 0.531. The summed E-state index contributed by atoms with van der Waals surface area (Å²) in [6.07, 6.45) is 1.40. The van der Waals surface area contributed by atoms with Gasteiger partial charge in [-0.3, -0.25) is 9.36 Å². The van der Waals surface area contributed by atoms with E-state index in [1.165, 1.54) is 18.0 Å². The molecule has 5 nitrogen and oxygen atoms in total. The van der Waals surface area contributed by atoms with Gasteiger partial charge in [-0.25, -0.2) is 9.97 Å². The smallest absolute Gasteiger partial charge is 0.297 e. The highest BCUT2D eigenvalue weighted by Crippen LogP contribution is 2.20. The first-order valence-corrected chi connectivity index (χ1v) is 7.02. The molecular weight excluding hydrogens is 286 g/mol. The molecule has 0 aliphatic rings. The molecule has 0 fully saturated rings. The highest BCUT2D eigenvalue weighted by atomic mass is 35.5. The Labute approximate surface area is 119 Å². The second-order valence-corrected chi connectivity index (χ2v) is 5.58. The lowest BCUT2D eigenvalue weighted by molar-refractivity contribution is 0.400. The summed E-state index contributed by atoms with van der Waals surface area (Å²) in [6.45, 7) is 4.53. The number of halogens is 1. The van der Waals surface area contributed by atoms with Crippen molar-refractivity contribution in [2.75, 3.05) is 7.11 Å². The van der Waals surface area contributed by atoms with E-state index in [2.05, 4.69) is 23.8 Å². The van der Waals surface area contributed by atoms with Gasteiger partial charge in [0.2, 0.25) is 5.75 Å². The van der Waals surface area contributed by atoms with E-state index in [4.69, 9.17) is 16.3 Å². The highest BCUT2D eigenvalue weighted by molar-refractivity contribution is 7.09. The number of nitrogens with zero attached hydrogens (tertiary/aromatic N) is 3. The van der Waals surface area contributed by atoms with Gasteiger partial charge in [0.15, 0.2) is 5.15 Å². The Balaban J connectivity index is 2.30. The van der Waals surface area contributed by atoms with Crippen LogP contribution in [0.2, 0.25) is 5.15 Å². The second kappa shape index (κ2) is 5.71. The van der Waals surface area contributed by atoms with Crippen LogP contribution in [0.15, 0.2) is 16.5 Å². The Morgan fingerprint density at radius 3 is 2.84 bits per heavy atom. The SMILES string of the molecule is COc1c(Cl)ncn(Cc2csc(C(C)C)n2)c1=O. The number of rotatable bonds is 4. The van der Waals surface area contributed by atoms with Crippen molar-refractivity contribution < 1.29 is 4.74 Å². The van der Waals surface area contributed by atoms with E-state index in [-0.39, 0.29) is 16.5 Å². The fraction of sp³-hybridized carbons (Fsp3) is 0.417.